The zero-order valence-corrected chi connectivity index (χ0v) is 13.6. The Bertz CT molecular complexity index is 983. The fraction of sp³-hybridized carbons (Fsp3) is 0.111. The van der Waals surface area contributed by atoms with Crippen LogP contribution in [0.3, 0.4) is 0 Å². The van der Waals surface area contributed by atoms with Gasteiger partial charge in [0.1, 0.15) is 0 Å². The summed E-state index contributed by atoms with van der Waals surface area (Å²) in [4.78, 5) is 0.217. The summed E-state index contributed by atoms with van der Waals surface area (Å²) >= 11 is 0. The van der Waals surface area contributed by atoms with Crippen molar-refractivity contribution in [3.05, 3.63) is 66.2 Å². The van der Waals surface area contributed by atoms with E-state index in [-0.39, 0.29) is 22.9 Å². The van der Waals surface area contributed by atoms with Crippen molar-refractivity contribution in [1.29, 1.82) is 0 Å². The summed E-state index contributed by atoms with van der Waals surface area (Å²) in [6.45, 7) is 0.194. The van der Waals surface area contributed by atoms with E-state index in [1.807, 2.05) is 24.3 Å². The summed E-state index contributed by atoms with van der Waals surface area (Å²) in [6.07, 6.45) is 0.403. The van der Waals surface area contributed by atoms with Gasteiger partial charge in [0.15, 0.2) is 11.5 Å². The minimum Gasteiger partial charge on any atom is -0.504 e. The van der Waals surface area contributed by atoms with Gasteiger partial charge >= 0.3 is 0 Å². The first-order valence-electron chi connectivity index (χ1n) is 7.45. The first-order valence-corrected chi connectivity index (χ1v) is 8.93. The predicted molar refractivity (Wildman–Crippen MR) is 92.6 cm³/mol. The number of phenols is 2. The van der Waals surface area contributed by atoms with Crippen LogP contribution in [0.2, 0.25) is 0 Å². The highest BCUT2D eigenvalue weighted by molar-refractivity contribution is 7.89. The third kappa shape index (κ3) is 3.50. The Kier molecular flexibility index (Phi) is 4.42. The van der Waals surface area contributed by atoms with Gasteiger partial charge in [-0.05, 0) is 47.0 Å². The lowest BCUT2D eigenvalue weighted by Gasteiger charge is -2.08. The lowest BCUT2D eigenvalue weighted by atomic mass is 10.1. The molecule has 0 bridgehead atoms. The van der Waals surface area contributed by atoms with Crippen LogP contribution in [0.5, 0.6) is 11.5 Å². The van der Waals surface area contributed by atoms with E-state index in [9.17, 15) is 18.6 Å². The number of hydrogen-bond donors (Lipinski definition) is 3. The van der Waals surface area contributed by atoms with Crippen LogP contribution < -0.4 is 4.72 Å². The minimum absolute atomic E-state index is 0.194. The van der Waals surface area contributed by atoms with Crippen LogP contribution in [-0.4, -0.2) is 25.2 Å². The van der Waals surface area contributed by atoms with Gasteiger partial charge in [-0.15, -0.1) is 0 Å². The standard InChI is InChI=1S/C18H17NO4S/c20-17-8-5-13(11-18(17)21)9-10-19-24(22,23)16-7-6-14-3-1-2-4-15(14)12-16/h1-8,11-12,19-21H,9-10H2. The first kappa shape index (κ1) is 16.3. The molecule has 0 aliphatic rings. The van der Waals surface area contributed by atoms with Gasteiger partial charge in [-0.2, -0.15) is 0 Å². The van der Waals surface area contributed by atoms with Crippen molar-refractivity contribution in [2.75, 3.05) is 6.54 Å². The van der Waals surface area contributed by atoms with Gasteiger partial charge in [-0.1, -0.05) is 36.4 Å². The van der Waals surface area contributed by atoms with Crippen LogP contribution in [-0.2, 0) is 16.4 Å². The molecule has 0 atom stereocenters. The van der Waals surface area contributed by atoms with E-state index in [4.69, 9.17) is 0 Å². The summed E-state index contributed by atoms with van der Waals surface area (Å²) in [5, 5.41) is 20.6. The molecule has 24 heavy (non-hydrogen) atoms. The number of nitrogens with one attached hydrogen (secondary N) is 1. The number of phenolic OH excluding ortho intramolecular Hbond substituents is 2. The molecular weight excluding hydrogens is 326 g/mol. The smallest absolute Gasteiger partial charge is 0.240 e. The van der Waals surface area contributed by atoms with E-state index >= 15 is 0 Å². The van der Waals surface area contributed by atoms with Gasteiger partial charge in [-0.3, -0.25) is 0 Å². The van der Waals surface area contributed by atoms with Crippen molar-refractivity contribution in [2.24, 2.45) is 0 Å². The molecule has 0 aliphatic heterocycles. The summed E-state index contributed by atoms with van der Waals surface area (Å²) in [6, 6.07) is 17.0. The zero-order valence-electron chi connectivity index (χ0n) is 12.8. The number of aromatic hydroxyl groups is 2. The fourth-order valence-corrected chi connectivity index (χ4v) is 3.54. The number of hydrogen-bond acceptors (Lipinski definition) is 4. The maximum Gasteiger partial charge on any atom is 0.240 e. The maximum absolute atomic E-state index is 12.4. The Balaban J connectivity index is 1.71. The molecule has 3 aromatic rings. The molecule has 3 rings (SSSR count). The maximum atomic E-state index is 12.4. The van der Waals surface area contributed by atoms with Crippen molar-refractivity contribution in [3.8, 4) is 11.5 Å². The number of fused-ring (bicyclic) bond motifs is 1. The molecule has 0 heterocycles. The van der Waals surface area contributed by atoms with Crippen LogP contribution in [0, 0.1) is 0 Å². The summed E-state index contributed by atoms with van der Waals surface area (Å²) in [5.74, 6) is -0.416. The lowest BCUT2D eigenvalue weighted by molar-refractivity contribution is 0.403. The second-order valence-electron chi connectivity index (χ2n) is 5.48. The topological polar surface area (TPSA) is 86.6 Å². The van der Waals surface area contributed by atoms with Gasteiger partial charge in [0.2, 0.25) is 10.0 Å². The quantitative estimate of drug-likeness (QED) is 0.622. The minimum atomic E-state index is -3.60. The third-order valence-corrected chi connectivity index (χ3v) is 5.24. The van der Waals surface area contributed by atoms with Crippen molar-refractivity contribution < 1.29 is 18.6 Å². The number of benzene rings is 3. The van der Waals surface area contributed by atoms with Crippen LogP contribution in [0.25, 0.3) is 10.8 Å². The SMILES string of the molecule is O=S(=O)(NCCc1ccc(O)c(O)c1)c1ccc2ccccc2c1. The second-order valence-corrected chi connectivity index (χ2v) is 7.25. The molecule has 0 fully saturated rings. The Labute approximate surface area is 140 Å². The predicted octanol–water partition coefficient (Wildman–Crippen LogP) is 2.77. The molecule has 0 spiro atoms. The number of rotatable bonds is 5. The monoisotopic (exact) mass is 343 g/mol. The average Bonchev–Trinajstić information content (AvgIpc) is 2.57. The van der Waals surface area contributed by atoms with E-state index in [0.29, 0.717) is 6.42 Å². The molecule has 3 aromatic carbocycles. The van der Waals surface area contributed by atoms with Gasteiger partial charge in [0.05, 0.1) is 4.90 Å². The molecule has 0 radical (unpaired) electrons. The van der Waals surface area contributed by atoms with Crippen LogP contribution >= 0.6 is 0 Å². The first-order chi connectivity index (χ1) is 11.5. The zero-order chi connectivity index (χ0) is 17.2. The highest BCUT2D eigenvalue weighted by atomic mass is 32.2. The number of sulfonamides is 1. The molecule has 3 N–H and O–H groups in total. The summed E-state index contributed by atoms with van der Waals surface area (Å²) in [7, 11) is -3.60. The molecule has 0 saturated heterocycles. The fourth-order valence-electron chi connectivity index (χ4n) is 2.47. The average molecular weight is 343 g/mol. The molecule has 0 aromatic heterocycles. The highest BCUT2D eigenvalue weighted by Crippen LogP contribution is 2.25. The Hall–Kier alpha value is -2.57. The van der Waals surface area contributed by atoms with Gasteiger partial charge in [-0.25, -0.2) is 13.1 Å². The molecule has 0 aliphatic carbocycles. The van der Waals surface area contributed by atoms with Crippen molar-refractivity contribution >= 4 is 20.8 Å². The Morgan fingerprint density at radius 1 is 0.833 bits per heavy atom. The summed E-state index contributed by atoms with van der Waals surface area (Å²) < 4.78 is 27.3. The molecule has 124 valence electrons. The summed E-state index contributed by atoms with van der Waals surface area (Å²) in [5.41, 5.74) is 0.728. The van der Waals surface area contributed by atoms with Gasteiger partial charge in [0.25, 0.3) is 0 Å². The van der Waals surface area contributed by atoms with Crippen molar-refractivity contribution in [3.63, 3.8) is 0 Å². The van der Waals surface area contributed by atoms with E-state index in [2.05, 4.69) is 4.72 Å². The van der Waals surface area contributed by atoms with Crippen molar-refractivity contribution in [1.82, 2.24) is 4.72 Å². The van der Waals surface area contributed by atoms with Crippen LogP contribution in [0.1, 0.15) is 5.56 Å². The van der Waals surface area contributed by atoms with E-state index in [1.165, 1.54) is 12.1 Å². The van der Waals surface area contributed by atoms with E-state index in [0.717, 1.165) is 16.3 Å². The van der Waals surface area contributed by atoms with Gasteiger partial charge < -0.3 is 10.2 Å². The molecular formula is C18H17NO4S. The second kappa shape index (κ2) is 6.51. The van der Waals surface area contributed by atoms with Gasteiger partial charge in [0, 0.05) is 6.54 Å². The molecule has 5 nitrogen and oxygen atoms in total. The molecule has 0 saturated carbocycles. The Morgan fingerprint density at radius 2 is 1.58 bits per heavy atom. The third-order valence-electron chi connectivity index (χ3n) is 3.78. The molecule has 0 unspecified atom stereocenters. The Morgan fingerprint density at radius 3 is 2.33 bits per heavy atom. The molecule has 0 amide bonds. The van der Waals surface area contributed by atoms with Crippen LogP contribution in [0.4, 0.5) is 0 Å². The highest BCUT2D eigenvalue weighted by Gasteiger charge is 2.14. The van der Waals surface area contributed by atoms with E-state index in [1.54, 1.807) is 24.3 Å². The van der Waals surface area contributed by atoms with Crippen LogP contribution in [0.15, 0.2) is 65.6 Å². The van der Waals surface area contributed by atoms with E-state index < -0.39 is 10.0 Å². The molecule has 6 heteroatoms. The lowest BCUT2D eigenvalue weighted by Crippen LogP contribution is -2.26. The normalized spacial score (nSPS) is 11.7. The van der Waals surface area contributed by atoms with Crippen molar-refractivity contribution in [2.45, 2.75) is 11.3 Å². The largest absolute Gasteiger partial charge is 0.504 e.